The summed E-state index contributed by atoms with van der Waals surface area (Å²) in [6.07, 6.45) is 2.07. The lowest BCUT2D eigenvalue weighted by Gasteiger charge is -2.32. The van der Waals surface area contributed by atoms with Crippen LogP contribution in [0, 0.1) is 0 Å². The van der Waals surface area contributed by atoms with Crippen LogP contribution < -0.4 is 15.0 Å². The number of rotatable bonds is 8. The number of aryl methyl sites for hydroxylation is 1. The number of hydrogen-bond donors (Lipinski definition) is 1. The molecule has 1 amide bonds. The summed E-state index contributed by atoms with van der Waals surface area (Å²) in [4.78, 5) is 16.4. The Bertz CT molecular complexity index is 1070. The SMILES string of the molecule is CCSc1ccc(CNC(=O)c2ccc3c(c2)CCCN3Cc2ccccc2OC)cc1. The van der Waals surface area contributed by atoms with Gasteiger partial charge in [0.25, 0.3) is 5.91 Å². The first-order valence-corrected chi connectivity index (χ1v) is 12.2. The fourth-order valence-electron chi connectivity index (χ4n) is 4.17. The van der Waals surface area contributed by atoms with E-state index in [2.05, 4.69) is 59.6 Å². The van der Waals surface area contributed by atoms with Crippen LogP contribution in [-0.2, 0) is 19.5 Å². The molecule has 1 heterocycles. The summed E-state index contributed by atoms with van der Waals surface area (Å²) in [5, 5.41) is 3.06. The molecular formula is C27H30N2O2S. The first kappa shape index (κ1) is 22.3. The van der Waals surface area contributed by atoms with Gasteiger partial charge >= 0.3 is 0 Å². The Labute approximate surface area is 195 Å². The van der Waals surface area contributed by atoms with Gasteiger partial charge in [-0.1, -0.05) is 37.3 Å². The van der Waals surface area contributed by atoms with Crippen LogP contribution in [0.1, 0.15) is 40.4 Å². The lowest BCUT2D eigenvalue weighted by molar-refractivity contribution is 0.0951. The van der Waals surface area contributed by atoms with Crippen LogP contribution in [0.15, 0.2) is 71.6 Å². The molecule has 0 spiro atoms. The van der Waals surface area contributed by atoms with Gasteiger partial charge in [0.1, 0.15) is 5.75 Å². The molecule has 4 rings (SSSR count). The molecule has 1 N–H and O–H groups in total. The van der Waals surface area contributed by atoms with Crippen molar-refractivity contribution in [3.05, 3.63) is 89.0 Å². The molecule has 3 aromatic rings. The van der Waals surface area contributed by atoms with Crippen LogP contribution in [0.5, 0.6) is 5.75 Å². The number of nitrogens with zero attached hydrogens (tertiary/aromatic N) is 1. The number of anilines is 1. The third-order valence-electron chi connectivity index (χ3n) is 5.80. The van der Waals surface area contributed by atoms with E-state index < -0.39 is 0 Å². The van der Waals surface area contributed by atoms with Crippen molar-refractivity contribution >= 4 is 23.4 Å². The van der Waals surface area contributed by atoms with Gasteiger partial charge in [0.05, 0.1) is 7.11 Å². The van der Waals surface area contributed by atoms with E-state index in [1.165, 1.54) is 21.7 Å². The Morgan fingerprint density at radius 3 is 2.69 bits per heavy atom. The minimum atomic E-state index is -0.0262. The maximum absolute atomic E-state index is 12.8. The fraction of sp³-hybridized carbons (Fsp3) is 0.296. The second kappa shape index (κ2) is 10.6. The van der Waals surface area contributed by atoms with Gasteiger partial charge in [0.15, 0.2) is 0 Å². The lowest BCUT2D eigenvalue weighted by atomic mass is 9.98. The number of methoxy groups -OCH3 is 1. The quantitative estimate of drug-likeness (QED) is 0.451. The normalized spacial score (nSPS) is 12.9. The number of hydrogen-bond acceptors (Lipinski definition) is 4. The predicted molar refractivity (Wildman–Crippen MR) is 133 cm³/mol. The lowest BCUT2D eigenvalue weighted by Crippen LogP contribution is -2.29. The largest absolute Gasteiger partial charge is 0.496 e. The van der Waals surface area contributed by atoms with Gasteiger partial charge in [0.2, 0.25) is 0 Å². The zero-order valence-corrected chi connectivity index (χ0v) is 19.6. The van der Waals surface area contributed by atoms with Gasteiger partial charge in [-0.25, -0.2) is 0 Å². The molecule has 0 radical (unpaired) electrons. The third kappa shape index (κ3) is 5.28. The highest BCUT2D eigenvalue weighted by Crippen LogP contribution is 2.31. The van der Waals surface area contributed by atoms with Crippen LogP contribution >= 0.6 is 11.8 Å². The second-order valence-electron chi connectivity index (χ2n) is 7.94. The molecule has 0 aromatic heterocycles. The number of carbonyl (C=O) groups is 1. The van der Waals surface area contributed by atoms with Gasteiger partial charge < -0.3 is 15.0 Å². The second-order valence-corrected chi connectivity index (χ2v) is 9.28. The Kier molecular flexibility index (Phi) is 7.38. The maximum Gasteiger partial charge on any atom is 0.251 e. The minimum absolute atomic E-state index is 0.0262. The molecular weight excluding hydrogens is 416 g/mol. The van der Waals surface area contributed by atoms with E-state index in [1.54, 1.807) is 7.11 Å². The van der Waals surface area contributed by atoms with Gasteiger partial charge in [-0.3, -0.25) is 4.79 Å². The van der Waals surface area contributed by atoms with E-state index in [1.807, 2.05) is 36.0 Å². The summed E-state index contributed by atoms with van der Waals surface area (Å²) in [7, 11) is 1.71. The highest BCUT2D eigenvalue weighted by Gasteiger charge is 2.20. The predicted octanol–water partition coefficient (Wildman–Crippen LogP) is 5.69. The number of amides is 1. The Hall–Kier alpha value is -2.92. The summed E-state index contributed by atoms with van der Waals surface area (Å²) in [6.45, 7) is 4.49. The summed E-state index contributed by atoms with van der Waals surface area (Å²) < 4.78 is 5.53. The number of nitrogens with one attached hydrogen (secondary N) is 1. The van der Waals surface area contributed by atoms with Crippen LogP contribution in [0.4, 0.5) is 5.69 Å². The highest BCUT2D eigenvalue weighted by atomic mass is 32.2. The molecule has 1 aliphatic rings. The van der Waals surface area contributed by atoms with Crippen molar-refractivity contribution in [2.24, 2.45) is 0 Å². The maximum atomic E-state index is 12.8. The van der Waals surface area contributed by atoms with Crippen molar-refractivity contribution in [3.63, 3.8) is 0 Å². The monoisotopic (exact) mass is 446 g/mol. The molecule has 5 heteroatoms. The van der Waals surface area contributed by atoms with E-state index in [-0.39, 0.29) is 5.91 Å². The van der Waals surface area contributed by atoms with Crippen LogP contribution in [-0.4, -0.2) is 25.3 Å². The molecule has 0 atom stereocenters. The smallest absolute Gasteiger partial charge is 0.251 e. The zero-order chi connectivity index (χ0) is 22.3. The average molecular weight is 447 g/mol. The molecule has 0 aliphatic carbocycles. The van der Waals surface area contributed by atoms with Crippen molar-refractivity contribution in [2.75, 3.05) is 24.3 Å². The number of carbonyl (C=O) groups excluding carboxylic acids is 1. The van der Waals surface area contributed by atoms with Crippen molar-refractivity contribution in [3.8, 4) is 5.75 Å². The van der Waals surface area contributed by atoms with Gasteiger partial charge in [-0.2, -0.15) is 0 Å². The summed E-state index contributed by atoms with van der Waals surface area (Å²) in [6, 6.07) is 22.7. The Morgan fingerprint density at radius 1 is 1.09 bits per heavy atom. The molecule has 0 saturated heterocycles. The molecule has 32 heavy (non-hydrogen) atoms. The number of thioether (sulfide) groups is 1. The molecule has 4 nitrogen and oxygen atoms in total. The molecule has 166 valence electrons. The third-order valence-corrected chi connectivity index (χ3v) is 6.69. The first-order chi connectivity index (χ1) is 15.7. The topological polar surface area (TPSA) is 41.6 Å². The molecule has 1 aliphatic heterocycles. The number of para-hydroxylation sites is 1. The van der Waals surface area contributed by atoms with Crippen LogP contribution in [0.3, 0.4) is 0 Å². The summed E-state index contributed by atoms with van der Waals surface area (Å²) >= 11 is 1.82. The van der Waals surface area contributed by atoms with Crippen molar-refractivity contribution in [2.45, 2.75) is 37.8 Å². The molecule has 0 fully saturated rings. The minimum Gasteiger partial charge on any atom is -0.496 e. The van der Waals surface area contributed by atoms with E-state index in [0.29, 0.717) is 6.54 Å². The van der Waals surface area contributed by atoms with Crippen molar-refractivity contribution in [1.82, 2.24) is 5.32 Å². The average Bonchev–Trinajstić information content (AvgIpc) is 2.84. The molecule has 0 bridgehead atoms. The van der Waals surface area contributed by atoms with E-state index >= 15 is 0 Å². The standard InChI is InChI=1S/C27H30N2O2S/c1-3-32-24-13-10-20(11-14-24)18-28-27(30)22-12-15-25-21(17-22)8-6-16-29(25)19-23-7-4-5-9-26(23)31-2/h4-5,7,9-15,17H,3,6,8,16,18-19H2,1-2H3,(H,28,30). The zero-order valence-electron chi connectivity index (χ0n) is 18.8. The fourth-order valence-corrected chi connectivity index (χ4v) is 4.84. The van der Waals surface area contributed by atoms with Gasteiger partial charge in [-0.05, 0) is 66.1 Å². The van der Waals surface area contributed by atoms with Gasteiger partial charge in [0, 0.05) is 41.3 Å². The van der Waals surface area contributed by atoms with Crippen molar-refractivity contribution in [1.29, 1.82) is 0 Å². The number of ether oxygens (including phenoxy) is 1. The van der Waals surface area contributed by atoms with E-state index in [9.17, 15) is 4.79 Å². The summed E-state index contributed by atoms with van der Waals surface area (Å²) in [5.41, 5.74) is 5.45. The van der Waals surface area contributed by atoms with Crippen molar-refractivity contribution < 1.29 is 9.53 Å². The van der Waals surface area contributed by atoms with Gasteiger partial charge in [-0.15, -0.1) is 11.8 Å². The molecule has 3 aromatic carbocycles. The van der Waals surface area contributed by atoms with E-state index in [4.69, 9.17) is 4.74 Å². The van der Waals surface area contributed by atoms with Crippen LogP contribution in [0.2, 0.25) is 0 Å². The number of fused-ring (bicyclic) bond motifs is 1. The first-order valence-electron chi connectivity index (χ1n) is 11.2. The number of benzene rings is 3. The summed E-state index contributed by atoms with van der Waals surface area (Å²) in [5.74, 6) is 1.95. The molecule has 0 saturated carbocycles. The Balaban J connectivity index is 1.43. The van der Waals surface area contributed by atoms with Crippen LogP contribution in [0.25, 0.3) is 0 Å². The molecule has 0 unspecified atom stereocenters. The highest BCUT2D eigenvalue weighted by molar-refractivity contribution is 7.99. The Morgan fingerprint density at radius 2 is 1.91 bits per heavy atom. The van der Waals surface area contributed by atoms with E-state index in [0.717, 1.165) is 48.6 Å².